The van der Waals surface area contributed by atoms with E-state index >= 15 is 0 Å². The SMILES string of the molecule is C=CC1CC(c2ccccc2)OC(c2ccccc2)O1. The zero-order chi connectivity index (χ0) is 13.8. The first kappa shape index (κ1) is 13.1. The van der Waals surface area contributed by atoms with E-state index < -0.39 is 0 Å². The Labute approximate surface area is 119 Å². The Balaban J connectivity index is 1.85. The lowest BCUT2D eigenvalue weighted by molar-refractivity contribution is -0.239. The third-order valence-electron chi connectivity index (χ3n) is 3.54. The van der Waals surface area contributed by atoms with Crippen LogP contribution in [-0.4, -0.2) is 6.10 Å². The minimum atomic E-state index is -0.335. The predicted octanol–water partition coefficient (Wildman–Crippen LogP) is 4.42. The van der Waals surface area contributed by atoms with Crippen LogP contribution >= 0.6 is 0 Å². The number of benzene rings is 2. The van der Waals surface area contributed by atoms with E-state index in [-0.39, 0.29) is 18.5 Å². The molecular formula is C18H18O2. The molecule has 0 aliphatic carbocycles. The van der Waals surface area contributed by atoms with Crippen molar-refractivity contribution in [3.8, 4) is 0 Å². The van der Waals surface area contributed by atoms with Crippen LogP contribution in [0.25, 0.3) is 0 Å². The van der Waals surface area contributed by atoms with Gasteiger partial charge in [-0.1, -0.05) is 66.7 Å². The molecule has 1 aliphatic rings. The van der Waals surface area contributed by atoms with Crippen LogP contribution in [0.15, 0.2) is 73.3 Å². The summed E-state index contributed by atoms with van der Waals surface area (Å²) in [6.45, 7) is 3.86. The molecule has 0 spiro atoms. The zero-order valence-corrected chi connectivity index (χ0v) is 11.3. The van der Waals surface area contributed by atoms with Crippen molar-refractivity contribution in [3.63, 3.8) is 0 Å². The van der Waals surface area contributed by atoms with Gasteiger partial charge < -0.3 is 9.47 Å². The van der Waals surface area contributed by atoms with Gasteiger partial charge in [0.05, 0.1) is 12.2 Å². The summed E-state index contributed by atoms with van der Waals surface area (Å²) in [5, 5.41) is 0. The molecule has 2 heteroatoms. The molecule has 102 valence electrons. The summed E-state index contributed by atoms with van der Waals surface area (Å²) in [5.41, 5.74) is 2.23. The van der Waals surface area contributed by atoms with Gasteiger partial charge in [-0.3, -0.25) is 0 Å². The van der Waals surface area contributed by atoms with Crippen molar-refractivity contribution in [2.75, 3.05) is 0 Å². The molecule has 3 rings (SSSR count). The fourth-order valence-corrected chi connectivity index (χ4v) is 2.46. The molecule has 1 heterocycles. The van der Waals surface area contributed by atoms with Crippen molar-refractivity contribution in [3.05, 3.63) is 84.4 Å². The summed E-state index contributed by atoms with van der Waals surface area (Å²) in [5.74, 6) is 0. The first-order valence-corrected chi connectivity index (χ1v) is 6.90. The Morgan fingerprint density at radius 3 is 2.05 bits per heavy atom. The minimum Gasteiger partial charge on any atom is -0.341 e. The predicted molar refractivity (Wildman–Crippen MR) is 79.1 cm³/mol. The number of ether oxygens (including phenoxy) is 2. The lowest BCUT2D eigenvalue weighted by Gasteiger charge is -2.35. The number of hydrogen-bond acceptors (Lipinski definition) is 2. The third-order valence-corrected chi connectivity index (χ3v) is 3.54. The van der Waals surface area contributed by atoms with Crippen molar-refractivity contribution < 1.29 is 9.47 Å². The van der Waals surface area contributed by atoms with E-state index in [1.807, 2.05) is 54.6 Å². The van der Waals surface area contributed by atoms with Crippen molar-refractivity contribution in [1.29, 1.82) is 0 Å². The number of rotatable bonds is 3. The molecule has 0 radical (unpaired) electrons. The lowest BCUT2D eigenvalue weighted by atomic mass is 10.0. The second kappa shape index (κ2) is 6.04. The fraction of sp³-hybridized carbons (Fsp3) is 0.222. The summed E-state index contributed by atoms with van der Waals surface area (Å²) in [7, 11) is 0. The van der Waals surface area contributed by atoms with Crippen LogP contribution in [0.3, 0.4) is 0 Å². The van der Waals surface area contributed by atoms with E-state index in [1.165, 1.54) is 5.56 Å². The smallest absolute Gasteiger partial charge is 0.185 e. The molecule has 0 N–H and O–H groups in total. The summed E-state index contributed by atoms with van der Waals surface area (Å²) >= 11 is 0. The Morgan fingerprint density at radius 2 is 1.45 bits per heavy atom. The molecule has 2 aromatic carbocycles. The van der Waals surface area contributed by atoms with Crippen molar-refractivity contribution >= 4 is 0 Å². The van der Waals surface area contributed by atoms with Crippen LogP contribution in [0.5, 0.6) is 0 Å². The van der Waals surface area contributed by atoms with Gasteiger partial charge in [0.2, 0.25) is 0 Å². The fourth-order valence-electron chi connectivity index (χ4n) is 2.46. The second-order valence-electron chi connectivity index (χ2n) is 4.92. The van der Waals surface area contributed by atoms with Gasteiger partial charge in [0.25, 0.3) is 0 Å². The average Bonchev–Trinajstić information content (AvgIpc) is 2.56. The first-order chi connectivity index (χ1) is 9.86. The van der Waals surface area contributed by atoms with E-state index in [2.05, 4.69) is 18.7 Å². The summed E-state index contributed by atoms with van der Waals surface area (Å²) < 4.78 is 12.1. The first-order valence-electron chi connectivity index (χ1n) is 6.90. The molecule has 1 aliphatic heterocycles. The maximum absolute atomic E-state index is 6.12. The standard InChI is InChI=1S/C18H18O2/c1-2-16-13-17(14-9-5-3-6-10-14)20-18(19-16)15-11-7-4-8-12-15/h2-12,16-18H,1,13H2. The summed E-state index contributed by atoms with van der Waals surface area (Å²) in [6.07, 6.45) is 2.38. The van der Waals surface area contributed by atoms with Gasteiger partial charge in [0, 0.05) is 12.0 Å². The van der Waals surface area contributed by atoms with E-state index in [0.29, 0.717) is 0 Å². The lowest BCUT2D eigenvalue weighted by Crippen LogP contribution is -2.28. The maximum atomic E-state index is 6.12. The summed E-state index contributed by atoms with van der Waals surface area (Å²) in [4.78, 5) is 0. The summed E-state index contributed by atoms with van der Waals surface area (Å²) in [6, 6.07) is 20.3. The minimum absolute atomic E-state index is 0.0131. The van der Waals surface area contributed by atoms with E-state index in [1.54, 1.807) is 0 Å². The highest BCUT2D eigenvalue weighted by molar-refractivity contribution is 5.21. The molecule has 20 heavy (non-hydrogen) atoms. The van der Waals surface area contributed by atoms with Crippen LogP contribution in [0.2, 0.25) is 0 Å². The molecule has 3 unspecified atom stereocenters. The van der Waals surface area contributed by atoms with Gasteiger partial charge in [-0.15, -0.1) is 6.58 Å². The van der Waals surface area contributed by atoms with E-state index in [4.69, 9.17) is 9.47 Å². The molecule has 2 nitrogen and oxygen atoms in total. The van der Waals surface area contributed by atoms with Crippen LogP contribution in [0, 0.1) is 0 Å². The van der Waals surface area contributed by atoms with Gasteiger partial charge in [0.15, 0.2) is 6.29 Å². The largest absolute Gasteiger partial charge is 0.341 e. The number of hydrogen-bond donors (Lipinski definition) is 0. The highest BCUT2D eigenvalue weighted by Gasteiger charge is 2.30. The van der Waals surface area contributed by atoms with Gasteiger partial charge in [-0.05, 0) is 5.56 Å². The molecule has 1 saturated heterocycles. The third kappa shape index (κ3) is 2.82. The maximum Gasteiger partial charge on any atom is 0.185 e. The van der Waals surface area contributed by atoms with Crippen LogP contribution < -0.4 is 0 Å². The van der Waals surface area contributed by atoms with E-state index in [0.717, 1.165) is 12.0 Å². The van der Waals surface area contributed by atoms with Crippen molar-refractivity contribution in [2.24, 2.45) is 0 Å². The Morgan fingerprint density at radius 1 is 0.850 bits per heavy atom. The molecule has 0 aromatic heterocycles. The molecule has 0 bridgehead atoms. The van der Waals surface area contributed by atoms with Crippen LogP contribution in [0.1, 0.15) is 29.9 Å². The van der Waals surface area contributed by atoms with Gasteiger partial charge >= 0.3 is 0 Å². The monoisotopic (exact) mass is 266 g/mol. The van der Waals surface area contributed by atoms with Gasteiger partial charge in [-0.25, -0.2) is 0 Å². The zero-order valence-electron chi connectivity index (χ0n) is 11.3. The van der Waals surface area contributed by atoms with Crippen LogP contribution in [-0.2, 0) is 9.47 Å². The second-order valence-corrected chi connectivity index (χ2v) is 4.92. The molecule has 0 saturated carbocycles. The van der Waals surface area contributed by atoms with Crippen LogP contribution in [0.4, 0.5) is 0 Å². The van der Waals surface area contributed by atoms with Gasteiger partial charge in [0.1, 0.15) is 0 Å². The normalized spacial score (nSPS) is 26.1. The topological polar surface area (TPSA) is 18.5 Å². The van der Waals surface area contributed by atoms with Crippen molar-refractivity contribution in [2.45, 2.75) is 24.9 Å². The highest BCUT2D eigenvalue weighted by atomic mass is 16.7. The Hall–Kier alpha value is -1.90. The van der Waals surface area contributed by atoms with Crippen molar-refractivity contribution in [1.82, 2.24) is 0 Å². The highest BCUT2D eigenvalue weighted by Crippen LogP contribution is 2.37. The molecule has 2 aromatic rings. The van der Waals surface area contributed by atoms with E-state index in [9.17, 15) is 0 Å². The van der Waals surface area contributed by atoms with Gasteiger partial charge in [-0.2, -0.15) is 0 Å². The molecule has 1 fully saturated rings. The molecular weight excluding hydrogens is 248 g/mol. The average molecular weight is 266 g/mol. The Bertz CT molecular complexity index is 503. The Kier molecular flexibility index (Phi) is 3.95. The quantitative estimate of drug-likeness (QED) is 0.766. The molecule has 3 atom stereocenters. The molecule has 0 amide bonds.